The van der Waals surface area contributed by atoms with E-state index in [4.69, 9.17) is 23.8 Å². The molecule has 0 amide bonds. The number of rotatable bonds is 3. The van der Waals surface area contributed by atoms with Crippen LogP contribution in [0.15, 0.2) is 148 Å². The minimum Gasteiger partial charge on any atom is -0.456 e. The van der Waals surface area contributed by atoms with Gasteiger partial charge in [-0.1, -0.05) is 103 Å². The molecular formula is C43H23N3O2. The summed E-state index contributed by atoms with van der Waals surface area (Å²) in [6.45, 7) is 0. The van der Waals surface area contributed by atoms with Gasteiger partial charge in [0.05, 0.1) is 0 Å². The van der Waals surface area contributed by atoms with Crippen molar-refractivity contribution in [1.29, 1.82) is 0 Å². The highest BCUT2D eigenvalue weighted by Gasteiger charge is 2.30. The fourth-order valence-electron chi connectivity index (χ4n) is 7.57. The predicted octanol–water partition coefficient (Wildman–Crippen LogP) is 11.5. The summed E-state index contributed by atoms with van der Waals surface area (Å²) < 4.78 is 12.6. The van der Waals surface area contributed by atoms with Crippen molar-refractivity contribution < 1.29 is 8.83 Å². The molecule has 7 aromatic carbocycles. The Morgan fingerprint density at radius 1 is 0.354 bits per heavy atom. The summed E-state index contributed by atoms with van der Waals surface area (Å²) in [6.07, 6.45) is 0. The van der Waals surface area contributed by atoms with E-state index in [2.05, 4.69) is 66.7 Å². The number of fused-ring (bicyclic) bond motifs is 10. The molecule has 0 bridgehead atoms. The molecule has 5 nitrogen and oxygen atoms in total. The first-order valence-corrected chi connectivity index (χ1v) is 16.0. The largest absolute Gasteiger partial charge is 0.456 e. The number of hydrogen-bond acceptors (Lipinski definition) is 5. The van der Waals surface area contributed by atoms with E-state index in [0.717, 1.165) is 71.5 Å². The maximum atomic E-state index is 6.45. The van der Waals surface area contributed by atoms with E-state index in [0.29, 0.717) is 17.5 Å². The molecule has 10 aromatic rings. The Labute approximate surface area is 273 Å². The number of para-hydroxylation sites is 2. The zero-order valence-electron chi connectivity index (χ0n) is 25.4. The van der Waals surface area contributed by atoms with Crippen molar-refractivity contribution in [2.45, 2.75) is 0 Å². The first kappa shape index (κ1) is 25.6. The lowest BCUT2D eigenvalue weighted by molar-refractivity contribution is 0.669. The highest BCUT2D eigenvalue weighted by Crippen LogP contribution is 2.55. The van der Waals surface area contributed by atoms with Gasteiger partial charge in [-0.3, -0.25) is 0 Å². The summed E-state index contributed by atoms with van der Waals surface area (Å²) >= 11 is 0. The fraction of sp³-hybridized carbons (Fsp3) is 0. The predicted molar refractivity (Wildman–Crippen MR) is 193 cm³/mol. The molecule has 0 N–H and O–H groups in total. The first-order valence-electron chi connectivity index (χ1n) is 16.0. The van der Waals surface area contributed by atoms with E-state index in [1.165, 1.54) is 22.1 Å². The lowest BCUT2D eigenvalue weighted by Crippen LogP contribution is -2.01. The maximum Gasteiger partial charge on any atom is 0.164 e. The van der Waals surface area contributed by atoms with Gasteiger partial charge in [0.25, 0.3) is 0 Å². The van der Waals surface area contributed by atoms with Gasteiger partial charge >= 0.3 is 0 Å². The van der Waals surface area contributed by atoms with Crippen LogP contribution in [0.1, 0.15) is 0 Å². The lowest BCUT2D eigenvalue weighted by atomic mass is 9.94. The van der Waals surface area contributed by atoms with Gasteiger partial charge in [0.15, 0.2) is 17.5 Å². The van der Waals surface area contributed by atoms with Crippen LogP contribution < -0.4 is 0 Å². The molecule has 48 heavy (non-hydrogen) atoms. The Balaban J connectivity index is 1.21. The topological polar surface area (TPSA) is 65.0 Å². The second kappa shape index (κ2) is 9.47. The van der Waals surface area contributed by atoms with Crippen molar-refractivity contribution in [3.05, 3.63) is 140 Å². The van der Waals surface area contributed by atoms with Crippen molar-refractivity contribution in [2.24, 2.45) is 0 Å². The van der Waals surface area contributed by atoms with Gasteiger partial charge in [0, 0.05) is 49.4 Å². The first-order chi connectivity index (χ1) is 23.8. The maximum absolute atomic E-state index is 6.45. The van der Waals surface area contributed by atoms with E-state index in [-0.39, 0.29) is 0 Å². The quantitative estimate of drug-likeness (QED) is 0.198. The van der Waals surface area contributed by atoms with Crippen LogP contribution in [0, 0.1) is 0 Å². The highest BCUT2D eigenvalue weighted by atomic mass is 16.3. The molecule has 0 atom stereocenters. The molecule has 5 heteroatoms. The van der Waals surface area contributed by atoms with Crippen molar-refractivity contribution in [2.75, 3.05) is 0 Å². The van der Waals surface area contributed by atoms with Gasteiger partial charge in [-0.25, -0.2) is 15.0 Å². The van der Waals surface area contributed by atoms with Crippen LogP contribution in [0.2, 0.25) is 0 Å². The van der Waals surface area contributed by atoms with Gasteiger partial charge in [0.1, 0.15) is 22.3 Å². The van der Waals surface area contributed by atoms with Crippen molar-refractivity contribution >= 4 is 54.6 Å². The Morgan fingerprint density at radius 2 is 1.00 bits per heavy atom. The van der Waals surface area contributed by atoms with Gasteiger partial charge in [-0.2, -0.15) is 0 Å². The van der Waals surface area contributed by atoms with E-state index >= 15 is 0 Å². The summed E-state index contributed by atoms with van der Waals surface area (Å²) in [7, 11) is 0. The number of benzene rings is 7. The number of furan rings is 2. The zero-order chi connectivity index (χ0) is 31.3. The summed E-state index contributed by atoms with van der Waals surface area (Å²) in [5.74, 6) is 1.85. The summed E-state index contributed by atoms with van der Waals surface area (Å²) in [4.78, 5) is 15.5. The molecule has 1 aliphatic rings. The monoisotopic (exact) mass is 613 g/mol. The summed E-state index contributed by atoms with van der Waals surface area (Å²) in [5.41, 5.74) is 10.9. The van der Waals surface area contributed by atoms with Crippen LogP contribution >= 0.6 is 0 Å². The SMILES string of the molecule is c1ccc(-c2nc(-c3ccc4oc5ccccc5c4c3)nc(-c3cccc4c3-c3c5c-4cccc5cc4oc5ccccc5c34)n2)cc1. The standard InChI is InChI=1S/C43H23N3O2/c1-2-10-24(11-3-1)41-44-42(26-20-21-35-32(22-26)27-13-4-6-18-33(27)47-35)46-43(45-41)31-17-9-16-29-28-15-8-12-25-23-36-39(40(37(25)28)38(29)31)30-14-5-7-19-34(30)48-36/h1-23H. The third-order valence-electron chi connectivity index (χ3n) is 9.65. The molecule has 0 saturated heterocycles. The van der Waals surface area contributed by atoms with Crippen LogP contribution in [-0.4, -0.2) is 15.0 Å². The summed E-state index contributed by atoms with van der Waals surface area (Å²) in [6, 6.07) is 47.8. The molecule has 0 fully saturated rings. The van der Waals surface area contributed by atoms with E-state index in [1.54, 1.807) is 0 Å². The molecule has 0 saturated carbocycles. The minimum atomic E-state index is 0.608. The molecule has 0 spiro atoms. The van der Waals surface area contributed by atoms with Crippen LogP contribution in [0.4, 0.5) is 0 Å². The normalized spacial score (nSPS) is 12.2. The molecule has 222 valence electrons. The van der Waals surface area contributed by atoms with Crippen molar-refractivity contribution in [3.63, 3.8) is 0 Å². The Bertz CT molecular complexity index is 2960. The van der Waals surface area contributed by atoms with E-state index < -0.39 is 0 Å². The molecule has 3 aromatic heterocycles. The van der Waals surface area contributed by atoms with E-state index in [1.807, 2.05) is 72.8 Å². The molecule has 0 radical (unpaired) electrons. The smallest absolute Gasteiger partial charge is 0.164 e. The van der Waals surface area contributed by atoms with Gasteiger partial charge in [0.2, 0.25) is 0 Å². The Hall–Kier alpha value is -6.59. The lowest BCUT2D eigenvalue weighted by Gasteiger charge is -2.13. The molecule has 3 heterocycles. The molecule has 11 rings (SSSR count). The van der Waals surface area contributed by atoms with Crippen LogP contribution in [0.5, 0.6) is 0 Å². The summed E-state index contributed by atoms with van der Waals surface area (Å²) in [5, 5.41) is 6.70. The van der Waals surface area contributed by atoms with E-state index in [9.17, 15) is 0 Å². The third kappa shape index (κ3) is 3.53. The van der Waals surface area contributed by atoms with Crippen LogP contribution in [-0.2, 0) is 0 Å². The van der Waals surface area contributed by atoms with Crippen molar-refractivity contribution in [1.82, 2.24) is 15.0 Å². The van der Waals surface area contributed by atoms with Gasteiger partial charge < -0.3 is 8.83 Å². The zero-order valence-corrected chi connectivity index (χ0v) is 25.4. The molecule has 0 aliphatic heterocycles. The third-order valence-corrected chi connectivity index (χ3v) is 9.65. The average molecular weight is 614 g/mol. The second-order valence-electron chi connectivity index (χ2n) is 12.3. The Kier molecular flexibility index (Phi) is 5.05. The highest BCUT2D eigenvalue weighted by molar-refractivity contribution is 6.29. The fourth-order valence-corrected chi connectivity index (χ4v) is 7.57. The molecular weight excluding hydrogens is 590 g/mol. The number of hydrogen-bond donors (Lipinski definition) is 0. The molecule has 0 unspecified atom stereocenters. The minimum absolute atomic E-state index is 0.608. The van der Waals surface area contributed by atoms with Gasteiger partial charge in [-0.05, 0) is 58.3 Å². The number of aromatic nitrogens is 3. The van der Waals surface area contributed by atoms with Gasteiger partial charge in [-0.15, -0.1) is 0 Å². The average Bonchev–Trinajstić information content (AvgIpc) is 3.82. The van der Waals surface area contributed by atoms with Crippen molar-refractivity contribution in [3.8, 4) is 56.4 Å². The molecule has 1 aliphatic carbocycles. The van der Waals surface area contributed by atoms with Crippen LogP contribution in [0.3, 0.4) is 0 Å². The second-order valence-corrected chi connectivity index (χ2v) is 12.3. The Morgan fingerprint density at radius 3 is 1.88 bits per heavy atom. The van der Waals surface area contributed by atoms with Crippen LogP contribution in [0.25, 0.3) is 111 Å². The number of nitrogens with zero attached hydrogens (tertiary/aromatic N) is 3.